The molecule has 2 aliphatic heterocycles. The SMILES string of the molecule is CCNCCCCCCNc1cccc2c1CN(C1CCC(=O)NC1=O)C2=O. The summed E-state index contributed by atoms with van der Waals surface area (Å²) in [6.45, 7) is 5.49. The van der Waals surface area contributed by atoms with Crippen molar-refractivity contribution >= 4 is 23.4 Å². The van der Waals surface area contributed by atoms with Gasteiger partial charge in [0.1, 0.15) is 6.04 Å². The minimum Gasteiger partial charge on any atom is -0.385 e. The van der Waals surface area contributed by atoms with Gasteiger partial charge >= 0.3 is 0 Å². The second kappa shape index (κ2) is 9.68. The fourth-order valence-corrected chi connectivity index (χ4v) is 3.88. The zero-order valence-electron chi connectivity index (χ0n) is 16.6. The lowest BCUT2D eigenvalue weighted by Crippen LogP contribution is -2.52. The van der Waals surface area contributed by atoms with Crippen molar-refractivity contribution < 1.29 is 14.4 Å². The van der Waals surface area contributed by atoms with Gasteiger partial charge in [-0.15, -0.1) is 0 Å². The highest BCUT2D eigenvalue weighted by Gasteiger charge is 2.39. The summed E-state index contributed by atoms with van der Waals surface area (Å²) in [6.07, 6.45) is 5.33. The van der Waals surface area contributed by atoms with Crippen LogP contribution in [0.25, 0.3) is 0 Å². The first-order chi connectivity index (χ1) is 13.6. The van der Waals surface area contributed by atoms with Crippen LogP contribution in [0.1, 0.15) is 61.4 Å². The van der Waals surface area contributed by atoms with E-state index in [0.717, 1.165) is 37.3 Å². The molecule has 1 aromatic rings. The minimum absolute atomic E-state index is 0.128. The van der Waals surface area contributed by atoms with Crippen molar-refractivity contribution in [3.05, 3.63) is 29.3 Å². The van der Waals surface area contributed by atoms with Crippen LogP contribution in [0, 0.1) is 0 Å². The summed E-state index contributed by atoms with van der Waals surface area (Å²) in [5.74, 6) is -0.765. The molecule has 3 rings (SSSR count). The average Bonchev–Trinajstić information content (AvgIpc) is 3.01. The van der Waals surface area contributed by atoms with Crippen molar-refractivity contribution in [3.63, 3.8) is 0 Å². The highest BCUT2D eigenvalue weighted by atomic mass is 16.2. The number of unbranched alkanes of at least 4 members (excludes halogenated alkanes) is 3. The van der Waals surface area contributed by atoms with E-state index in [1.807, 2.05) is 18.2 Å². The number of carbonyl (C=O) groups is 3. The molecule has 2 heterocycles. The Balaban J connectivity index is 1.54. The molecular weight excluding hydrogens is 356 g/mol. The number of hydrogen-bond acceptors (Lipinski definition) is 5. The summed E-state index contributed by atoms with van der Waals surface area (Å²) < 4.78 is 0. The zero-order chi connectivity index (χ0) is 19.9. The molecule has 0 saturated carbocycles. The third-order valence-electron chi connectivity index (χ3n) is 5.43. The maximum atomic E-state index is 12.8. The maximum Gasteiger partial charge on any atom is 0.255 e. The number of benzene rings is 1. The standard InChI is InChI=1S/C21H30N4O3/c1-2-22-12-5-3-4-6-13-23-17-9-7-8-15-16(17)14-25(21(15)28)18-10-11-19(26)24-20(18)27/h7-9,18,22-23H,2-6,10-14H2,1H3,(H,24,26,27). The Bertz CT molecular complexity index is 734. The third-order valence-corrected chi connectivity index (χ3v) is 5.43. The Hall–Kier alpha value is -2.41. The lowest BCUT2D eigenvalue weighted by atomic mass is 10.0. The van der Waals surface area contributed by atoms with Gasteiger partial charge < -0.3 is 15.5 Å². The van der Waals surface area contributed by atoms with Crippen molar-refractivity contribution in [2.24, 2.45) is 0 Å². The average molecular weight is 386 g/mol. The Morgan fingerprint density at radius 3 is 2.64 bits per heavy atom. The first-order valence-corrected chi connectivity index (χ1v) is 10.3. The molecule has 28 heavy (non-hydrogen) atoms. The van der Waals surface area contributed by atoms with E-state index in [2.05, 4.69) is 22.9 Å². The second-order valence-corrected chi connectivity index (χ2v) is 7.43. The number of nitrogens with zero attached hydrogens (tertiary/aromatic N) is 1. The summed E-state index contributed by atoms with van der Waals surface area (Å²) in [5.41, 5.74) is 2.57. The van der Waals surface area contributed by atoms with Crippen molar-refractivity contribution in [2.75, 3.05) is 25.0 Å². The number of imide groups is 1. The summed E-state index contributed by atoms with van der Waals surface area (Å²) in [7, 11) is 0. The summed E-state index contributed by atoms with van der Waals surface area (Å²) in [4.78, 5) is 37.9. The van der Waals surface area contributed by atoms with Gasteiger partial charge in [-0.2, -0.15) is 0 Å². The van der Waals surface area contributed by atoms with Crippen molar-refractivity contribution in [3.8, 4) is 0 Å². The van der Waals surface area contributed by atoms with Gasteiger partial charge in [0.2, 0.25) is 11.8 Å². The molecule has 0 radical (unpaired) electrons. The van der Waals surface area contributed by atoms with Crippen LogP contribution in [-0.2, 0) is 16.1 Å². The van der Waals surface area contributed by atoms with Crippen molar-refractivity contribution in [1.82, 2.24) is 15.5 Å². The van der Waals surface area contributed by atoms with Crippen molar-refractivity contribution in [1.29, 1.82) is 0 Å². The topological polar surface area (TPSA) is 90.5 Å². The normalized spacial score (nSPS) is 19.0. The van der Waals surface area contributed by atoms with Gasteiger partial charge in [0.25, 0.3) is 5.91 Å². The largest absolute Gasteiger partial charge is 0.385 e. The number of nitrogens with one attached hydrogen (secondary N) is 3. The molecule has 1 aromatic carbocycles. The van der Waals surface area contributed by atoms with Crippen LogP contribution in [0.2, 0.25) is 0 Å². The predicted molar refractivity (Wildman–Crippen MR) is 108 cm³/mol. The molecule has 3 N–H and O–H groups in total. The molecule has 1 fully saturated rings. The lowest BCUT2D eigenvalue weighted by molar-refractivity contribution is -0.136. The van der Waals surface area contributed by atoms with Crippen LogP contribution < -0.4 is 16.0 Å². The van der Waals surface area contributed by atoms with Crippen LogP contribution in [0.5, 0.6) is 0 Å². The molecule has 7 nitrogen and oxygen atoms in total. The van der Waals surface area contributed by atoms with Crippen LogP contribution in [0.4, 0.5) is 5.69 Å². The van der Waals surface area contributed by atoms with Crippen molar-refractivity contribution in [2.45, 2.75) is 58.0 Å². The Morgan fingerprint density at radius 1 is 1.11 bits per heavy atom. The first kappa shape index (κ1) is 20.3. The van der Waals surface area contributed by atoms with Gasteiger partial charge in [0, 0.05) is 36.3 Å². The third kappa shape index (κ3) is 4.70. The zero-order valence-corrected chi connectivity index (χ0v) is 16.6. The molecule has 0 spiro atoms. The van der Waals surface area contributed by atoms with Gasteiger partial charge in [-0.3, -0.25) is 19.7 Å². The van der Waals surface area contributed by atoms with Gasteiger partial charge in [-0.05, 0) is 44.5 Å². The number of amides is 3. The van der Waals surface area contributed by atoms with E-state index in [-0.39, 0.29) is 24.1 Å². The van der Waals surface area contributed by atoms with Gasteiger partial charge in [-0.1, -0.05) is 25.8 Å². The first-order valence-electron chi connectivity index (χ1n) is 10.3. The number of carbonyl (C=O) groups excluding carboxylic acids is 3. The Kier molecular flexibility index (Phi) is 7.03. The maximum absolute atomic E-state index is 12.8. The van der Waals surface area contributed by atoms with E-state index in [1.54, 1.807) is 4.90 Å². The fraction of sp³-hybridized carbons (Fsp3) is 0.571. The fourth-order valence-electron chi connectivity index (χ4n) is 3.88. The van der Waals surface area contributed by atoms with Crippen LogP contribution in [-0.4, -0.2) is 48.3 Å². The Morgan fingerprint density at radius 2 is 1.89 bits per heavy atom. The number of piperidine rings is 1. The number of hydrogen-bond donors (Lipinski definition) is 3. The van der Waals surface area contributed by atoms with E-state index in [4.69, 9.17) is 0 Å². The molecule has 2 aliphatic rings. The van der Waals surface area contributed by atoms with E-state index in [9.17, 15) is 14.4 Å². The minimum atomic E-state index is -0.567. The van der Waals surface area contributed by atoms with Gasteiger partial charge in [-0.25, -0.2) is 0 Å². The van der Waals surface area contributed by atoms with Crippen LogP contribution >= 0.6 is 0 Å². The molecule has 0 aliphatic carbocycles. The van der Waals surface area contributed by atoms with E-state index in [1.165, 1.54) is 19.3 Å². The summed E-state index contributed by atoms with van der Waals surface area (Å²) >= 11 is 0. The second-order valence-electron chi connectivity index (χ2n) is 7.43. The quantitative estimate of drug-likeness (QED) is 0.423. The molecule has 1 unspecified atom stereocenters. The van der Waals surface area contributed by atoms with Crippen LogP contribution in [0.3, 0.4) is 0 Å². The molecule has 3 amide bonds. The van der Waals surface area contributed by atoms with Gasteiger partial charge in [0.05, 0.1) is 0 Å². The predicted octanol–water partition coefficient (Wildman–Crippen LogP) is 2.03. The van der Waals surface area contributed by atoms with E-state index >= 15 is 0 Å². The smallest absolute Gasteiger partial charge is 0.255 e. The Labute approximate surface area is 166 Å². The summed E-state index contributed by atoms with van der Waals surface area (Å²) in [5, 5.41) is 9.14. The molecule has 1 saturated heterocycles. The van der Waals surface area contributed by atoms with Crippen LogP contribution in [0.15, 0.2) is 18.2 Å². The molecular formula is C21H30N4O3. The lowest BCUT2D eigenvalue weighted by Gasteiger charge is -2.29. The number of fused-ring (bicyclic) bond motifs is 1. The number of anilines is 1. The summed E-state index contributed by atoms with van der Waals surface area (Å²) in [6, 6.07) is 5.12. The molecule has 152 valence electrons. The highest BCUT2D eigenvalue weighted by molar-refractivity contribution is 6.06. The van der Waals surface area contributed by atoms with E-state index in [0.29, 0.717) is 18.5 Å². The molecule has 0 bridgehead atoms. The monoisotopic (exact) mass is 386 g/mol. The highest BCUT2D eigenvalue weighted by Crippen LogP contribution is 2.32. The molecule has 0 aromatic heterocycles. The number of rotatable bonds is 10. The van der Waals surface area contributed by atoms with E-state index < -0.39 is 6.04 Å². The molecule has 1 atom stereocenters. The molecule has 7 heteroatoms. The van der Waals surface area contributed by atoms with Gasteiger partial charge in [0.15, 0.2) is 0 Å².